The van der Waals surface area contributed by atoms with Crippen LogP contribution in [0.1, 0.15) is 135 Å². The fourth-order valence-electron chi connectivity index (χ4n) is 5.68. The van der Waals surface area contributed by atoms with Crippen molar-refractivity contribution in [3.05, 3.63) is 83.9 Å². The molecular weight excluding hydrogens is 624 g/mol. The van der Waals surface area contributed by atoms with Gasteiger partial charge in [0.25, 0.3) is 0 Å². The van der Waals surface area contributed by atoms with Gasteiger partial charge in [-0.15, -0.1) is 0 Å². The summed E-state index contributed by atoms with van der Waals surface area (Å²) in [6.07, 6.45) is 21.8. The minimum atomic E-state index is -0.448. The van der Waals surface area contributed by atoms with Crippen molar-refractivity contribution < 1.29 is 28.5 Å². The monoisotopic (exact) mass is 695 g/mol. The molecule has 0 heterocycles. The minimum Gasteiger partial charge on any atom is -0.465 e. The maximum absolute atomic E-state index is 12.8. The fourth-order valence-corrected chi connectivity index (χ4v) is 5.68. The summed E-state index contributed by atoms with van der Waals surface area (Å²) in [4.78, 5) is 12.8. The Bertz CT molecular complexity index is 1030. The highest BCUT2D eigenvalue weighted by molar-refractivity contribution is 5.69. The zero-order valence-corrected chi connectivity index (χ0v) is 32.1. The third-order valence-electron chi connectivity index (χ3n) is 9.21. The summed E-state index contributed by atoms with van der Waals surface area (Å²) < 4.78 is 30.3. The van der Waals surface area contributed by atoms with E-state index < -0.39 is 5.41 Å². The first-order chi connectivity index (χ1) is 24.5. The SMILES string of the molecule is CCCCCCCCC=CCCCCCCCC(=O)OCC(CC)(COCC(C)OCc1ccccc1)COCC(C)OCc1ccccc1. The first-order valence-corrected chi connectivity index (χ1v) is 19.7. The van der Waals surface area contributed by atoms with Gasteiger partial charge in [0.2, 0.25) is 0 Å². The minimum absolute atomic E-state index is 0.0687. The first-order valence-electron chi connectivity index (χ1n) is 19.7. The van der Waals surface area contributed by atoms with E-state index in [1.165, 1.54) is 57.8 Å². The van der Waals surface area contributed by atoms with E-state index >= 15 is 0 Å². The molecule has 0 saturated heterocycles. The highest BCUT2D eigenvalue weighted by atomic mass is 16.6. The quantitative estimate of drug-likeness (QED) is 0.0431. The summed E-state index contributed by atoms with van der Waals surface area (Å²) in [6.45, 7) is 11.5. The number of rotatable bonds is 32. The van der Waals surface area contributed by atoms with Gasteiger partial charge in [-0.25, -0.2) is 0 Å². The van der Waals surface area contributed by atoms with Gasteiger partial charge in [-0.3, -0.25) is 4.79 Å². The molecule has 0 bridgehead atoms. The molecule has 0 amide bonds. The Labute approximate surface area is 305 Å². The van der Waals surface area contributed by atoms with Crippen LogP contribution in [0.2, 0.25) is 0 Å². The van der Waals surface area contributed by atoms with Gasteiger partial charge in [0, 0.05) is 6.42 Å². The highest BCUT2D eigenvalue weighted by Gasteiger charge is 2.32. The van der Waals surface area contributed by atoms with Crippen LogP contribution in [0.15, 0.2) is 72.8 Å². The van der Waals surface area contributed by atoms with E-state index in [0.29, 0.717) is 46.1 Å². The second-order valence-corrected chi connectivity index (χ2v) is 14.1. The zero-order chi connectivity index (χ0) is 36.0. The molecule has 6 nitrogen and oxygen atoms in total. The average Bonchev–Trinajstić information content (AvgIpc) is 3.14. The molecule has 0 fully saturated rings. The summed E-state index contributed by atoms with van der Waals surface area (Å²) >= 11 is 0. The van der Waals surface area contributed by atoms with Gasteiger partial charge >= 0.3 is 5.97 Å². The van der Waals surface area contributed by atoms with Gasteiger partial charge < -0.3 is 23.7 Å². The molecule has 0 aromatic heterocycles. The zero-order valence-electron chi connectivity index (χ0n) is 32.1. The number of carbonyl (C=O) groups excluding carboxylic acids is 1. The molecule has 0 aliphatic heterocycles. The van der Waals surface area contributed by atoms with Crippen LogP contribution in [0.4, 0.5) is 0 Å². The number of hydrogen-bond donors (Lipinski definition) is 0. The smallest absolute Gasteiger partial charge is 0.305 e. The lowest BCUT2D eigenvalue weighted by Crippen LogP contribution is -2.39. The second kappa shape index (κ2) is 29.1. The van der Waals surface area contributed by atoms with Crippen LogP contribution in [-0.2, 0) is 41.7 Å². The molecule has 2 aromatic rings. The molecule has 2 unspecified atom stereocenters. The van der Waals surface area contributed by atoms with Crippen LogP contribution >= 0.6 is 0 Å². The van der Waals surface area contributed by atoms with Crippen molar-refractivity contribution in [3.63, 3.8) is 0 Å². The van der Waals surface area contributed by atoms with Crippen molar-refractivity contribution in [2.75, 3.05) is 33.0 Å². The van der Waals surface area contributed by atoms with Crippen molar-refractivity contribution in [2.45, 2.75) is 149 Å². The standard InChI is InChI=1S/C44H70O6/c1-5-7-8-9-10-11-12-13-14-15-16-17-18-19-26-31-43(45)50-38-44(6-2,36-46-32-39(3)48-34-41-27-22-20-23-28-41)37-47-33-40(4)49-35-42-29-24-21-25-30-42/h13-14,20-25,27-30,39-40H,5-12,15-19,26,31-38H2,1-4H3. The molecule has 0 saturated carbocycles. The van der Waals surface area contributed by atoms with Crippen molar-refractivity contribution in [1.82, 2.24) is 0 Å². The van der Waals surface area contributed by atoms with E-state index in [9.17, 15) is 4.79 Å². The van der Waals surface area contributed by atoms with E-state index in [1.54, 1.807) is 0 Å². The molecule has 0 radical (unpaired) electrons. The molecule has 2 rings (SSSR count). The van der Waals surface area contributed by atoms with Crippen molar-refractivity contribution >= 4 is 5.97 Å². The Morgan fingerprint density at radius 2 is 1.08 bits per heavy atom. The Kier molecular flexibility index (Phi) is 25.4. The molecular formula is C44H70O6. The largest absolute Gasteiger partial charge is 0.465 e. The van der Waals surface area contributed by atoms with Gasteiger partial charge in [0.15, 0.2) is 0 Å². The van der Waals surface area contributed by atoms with Gasteiger partial charge in [-0.2, -0.15) is 0 Å². The van der Waals surface area contributed by atoms with E-state index in [0.717, 1.165) is 43.2 Å². The van der Waals surface area contributed by atoms with Crippen molar-refractivity contribution in [1.29, 1.82) is 0 Å². The molecule has 0 aliphatic rings. The molecule has 282 valence electrons. The lowest BCUT2D eigenvalue weighted by atomic mass is 9.88. The molecule has 50 heavy (non-hydrogen) atoms. The Balaban J connectivity index is 1.70. The number of hydrogen-bond acceptors (Lipinski definition) is 6. The molecule has 0 aliphatic carbocycles. The van der Waals surface area contributed by atoms with E-state index in [1.807, 2.05) is 50.2 Å². The summed E-state index contributed by atoms with van der Waals surface area (Å²) in [5.74, 6) is -0.139. The third kappa shape index (κ3) is 22.3. The van der Waals surface area contributed by atoms with Crippen LogP contribution in [-0.4, -0.2) is 51.2 Å². The van der Waals surface area contributed by atoms with E-state index in [2.05, 4.69) is 50.3 Å². The van der Waals surface area contributed by atoms with Crippen molar-refractivity contribution in [3.8, 4) is 0 Å². The van der Waals surface area contributed by atoms with E-state index in [4.69, 9.17) is 23.7 Å². The number of carbonyl (C=O) groups is 1. The van der Waals surface area contributed by atoms with Gasteiger partial charge in [0.1, 0.15) is 6.61 Å². The van der Waals surface area contributed by atoms with Crippen LogP contribution < -0.4 is 0 Å². The number of ether oxygens (including phenoxy) is 5. The normalized spacial score (nSPS) is 14.1. The Morgan fingerprint density at radius 1 is 0.620 bits per heavy atom. The molecule has 0 spiro atoms. The Morgan fingerprint density at radius 3 is 1.56 bits per heavy atom. The molecule has 6 heteroatoms. The predicted octanol–water partition coefficient (Wildman–Crippen LogP) is 11.2. The lowest BCUT2D eigenvalue weighted by molar-refractivity contribution is -0.154. The van der Waals surface area contributed by atoms with Crippen LogP contribution in [0.25, 0.3) is 0 Å². The summed E-state index contributed by atoms with van der Waals surface area (Å²) in [5, 5.41) is 0. The summed E-state index contributed by atoms with van der Waals surface area (Å²) in [6, 6.07) is 20.3. The van der Waals surface area contributed by atoms with Crippen molar-refractivity contribution in [2.24, 2.45) is 5.41 Å². The maximum atomic E-state index is 12.8. The average molecular weight is 695 g/mol. The molecule has 2 aromatic carbocycles. The molecule has 2 atom stereocenters. The summed E-state index contributed by atoms with van der Waals surface area (Å²) in [5.41, 5.74) is 1.83. The van der Waals surface area contributed by atoms with Crippen LogP contribution in [0.5, 0.6) is 0 Å². The second-order valence-electron chi connectivity index (χ2n) is 14.1. The maximum Gasteiger partial charge on any atom is 0.305 e. The third-order valence-corrected chi connectivity index (χ3v) is 9.21. The number of unbranched alkanes of at least 4 members (excludes halogenated alkanes) is 11. The van der Waals surface area contributed by atoms with Gasteiger partial charge in [-0.1, -0.05) is 138 Å². The highest BCUT2D eigenvalue weighted by Crippen LogP contribution is 2.25. The lowest BCUT2D eigenvalue weighted by Gasteiger charge is -2.32. The Hall–Kier alpha value is -2.51. The van der Waals surface area contributed by atoms with Crippen LogP contribution in [0, 0.1) is 5.41 Å². The fraction of sp³-hybridized carbons (Fsp3) is 0.659. The number of benzene rings is 2. The van der Waals surface area contributed by atoms with Crippen LogP contribution in [0.3, 0.4) is 0 Å². The predicted molar refractivity (Wildman–Crippen MR) is 206 cm³/mol. The number of esters is 1. The van der Waals surface area contributed by atoms with E-state index in [-0.39, 0.29) is 24.8 Å². The molecule has 0 N–H and O–H groups in total. The first kappa shape index (κ1) is 43.7. The summed E-state index contributed by atoms with van der Waals surface area (Å²) in [7, 11) is 0. The van der Waals surface area contributed by atoms with Gasteiger partial charge in [-0.05, 0) is 63.5 Å². The number of allylic oxidation sites excluding steroid dienone is 2. The topological polar surface area (TPSA) is 63.2 Å². The van der Waals surface area contributed by atoms with Gasteiger partial charge in [0.05, 0.1) is 57.3 Å².